The van der Waals surface area contributed by atoms with Crippen molar-refractivity contribution in [1.29, 1.82) is 0 Å². The van der Waals surface area contributed by atoms with E-state index >= 15 is 0 Å². The SMILES string of the molecule is C[C@@H](OC(=O)CC[C@H](N)C(=O)O)[C@H](N)C(=O)O. The first-order valence-electron chi connectivity index (χ1n) is 4.92. The van der Waals surface area contributed by atoms with Gasteiger partial charge in [-0.1, -0.05) is 0 Å². The number of esters is 1. The highest BCUT2D eigenvalue weighted by Crippen LogP contribution is 2.03. The van der Waals surface area contributed by atoms with Crippen LogP contribution in [-0.2, 0) is 19.1 Å². The van der Waals surface area contributed by atoms with E-state index in [4.69, 9.17) is 26.4 Å². The Hall–Kier alpha value is -1.67. The number of hydrogen-bond donors (Lipinski definition) is 4. The fourth-order valence-electron chi connectivity index (χ4n) is 0.937. The van der Waals surface area contributed by atoms with Gasteiger partial charge in [-0.3, -0.25) is 14.4 Å². The highest BCUT2D eigenvalue weighted by molar-refractivity contribution is 5.76. The molecule has 0 aliphatic carbocycles. The van der Waals surface area contributed by atoms with Gasteiger partial charge in [0, 0.05) is 6.42 Å². The molecule has 0 aliphatic rings. The van der Waals surface area contributed by atoms with Gasteiger partial charge in [0.2, 0.25) is 0 Å². The largest absolute Gasteiger partial charge is 0.480 e. The molecule has 17 heavy (non-hydrogen) atoms. The van der Waals surface area contributed by atoms with Crippen molar-refractivity contribution in [3.8, 4) is 0 Å². The molecule has 0 aromatic carbocycles. The average molecular weight is 248 g/mol. The number of carbonyl (C=O) groups is 3. The molecule has 0 fully saturated rings. The van der Waals surface area contributed by atoms with Crippen LogP contribution < -0.4 is 11.5 Å². The third-order valence-corrected chi connectivity index (χ3v) is 2.08. The number of nitrogens with two attached hydrogens (primary N) is 2. The van der Waals surface area contributed by atoms with Crippen molar-refractivity contribution in [2.75, 3.05) is 0 Å². The van der Waals surface area contributed by atoms with Crippen LogP contribution in [0, 0.1) is 0 Å². The lowest BCUT2D eigenvalue weighted by Gasteiger charge is -2.17. The fraction of sp³-hybridized carbons (Fsp3) is 0.667. The lowest BCUT2D eigenvalue weighted by atomic mass is 10.1. The number of aliphatic carboxylic acids is 2. The summed E-state index contributed by atoms with van der Waals surface area (Å²) in [5, 5.41) is 17.0. The van der Waals surface area contributed by atoms with Crippen molar-refractivity contribution >= 4 is 17.9 Å². The van der Waals surface area contributed by atoms with Crippen LogP contribution in [0.4, 0.5) is 0 Å². The van der Waals surface area contributed by atoms with Crippen LogP contribution in [0.2, 0.25) is 0 Å². The summed E-state index contributed by atoms with van der Waals surface area (Å²) in [6.45, 7) is 1.34. The molecule has 0 saturated heterocycles. The second kappa shape index (κ2) is 6.81. The van der Waals surface area contributed by atoms with Crippen LogP contribution in [0.3, 0.4) is 0 Å². The van der Waals surface area contributed by atoms with E-state index in [9.17, 15) is 14.4 Å². The molecule has 3 atom stereocenters. The van der Waals surface area contributed by atoms with Crippen molar-refractivity contribution in [2.45, 2.75) is 38.0 Å². The minimum Gasteiger partial charge on any atom is -0.480 e. The van der Waals surface area contributed by atoms with E-state index in [1.165, 1.54) is 6.92 Å². The minimum absolute atomic E-state index is 0.0802. The molecule has 6 N–H and O–H groups in total. The predicted molar refractivity (Wildman–Crippen MR) is 56.0 cm³/mol. The normalized spacial score (nSPS) is 15.7. The molecule has 0 amide bonds. The van der Waals surface area contributed by atoms with Gasteiger partial charge in [0.15, 0.2) is 0 Å². The molecular weight excluding hydrogens is 232 g/mol. The lowest BCUT2D eigenvalue weighted by Crippen LogP contribution is -2.42. The molecule has 98 valence electrons. The molecule has 0 rings (SSSR count). The summed E-state index contributed by atoms with van der Waals surface area (Å²) in [5.74, 6) is -3.23. The van der Waals surface area contributed by atoms with E-state index in [0.717, 1.165) is 0 Å². The van der Waals surface area contributed by atoms with Crippen LogP contribution in [-0.4, -0.2) is 46.3 Å². The third kappa shape index (κ3) is 5.83. The summed E-state index contributed by atoms with van der Waals surface area (Å²) >= 11 is 0. The molecule has 0 saturated carbocycles. The molecule has 0 aromatic rings. The Labute approximate surface area is 97.5 Å². The predicted octanol–water partition coefficient (Wildman–Crippen LogP) is -1.48. The summed E-state index contributed by atoms with van der Waals surface area (Å²) < 4.78 is 4.71. The van der Waals surface area contributed by atoms with Crippen LogP contribution in [0.15, 0.2) is 0 Å². The molecule has 0 aliphatic heterocycles. The maximum atomic E-state index is 11.2. The van der Waals surface area contributed by atoms with Gasteiger partial charge in [-0.25, -0.2) is 0 Å². The number of ether oxygens (including phenoxy) is 1. The highest BCUT2D eigenvalue weighted by Gasteiger charge is 2.24. The number of carbonyl (C=O) groups excluding carboxylic acids is 1. The van der Waals surface area contributed by atoms with Crippen LogP contribution in [0.25, 0.3) is 0 Å². The number of carboxylic acids is 2. The zero-order valence-corrected chi connectivity index (χ0v) is 9.33. The van der Waals surface area contributed by atoms with Gasteiger partial charge in [0.1, 0.15) is 18.2 Å². The Morgan fingerprint density at radius 3 is 2.12 bits per heavy atom. The number of carboxylic acid groups (broad SMARTS) is 2. The van der Waals surface area contributed by atoms with Crippen molar-refractivity contribution in [3.05, 3.63) is 0 Å². The van der Waals surface area contributed by atoms with Crippen LogP contribution in [0.5, 0.6) is 0 Å². The quantitative estimate of drug-likeness (QED) is 0.398. The Morgan fingerprint density at radius 2 is 1.71 bits per heavy atom. The second-order valence-electron chi connectivity index (χ2n) is 3.54. The van der Waals surface area contributed by atoms with Gasteiger partial charge in [-0.15, -0.1) is 0 Å². The highest BCUT2D eigenvalue weighted by atomic mass is 16.5. The van der Waals surface area contributed by atoms with Crippen molar-refractivity contribution in [3.63, 3.8) is 0 Å². The smallest absolute Gasteiger partial charge is 0.324 e. The molecule has 0 aromatic heterocycles. The van der Waals surface area contributed by atoms with E-state index in [1.807, 2.05) is 0 Å². The second-order valence-corrected chi connectivity index (χ2v) is 3.54. The first-order valence-corrected chi connectivity index (χ1v) is 4.92. The molecule has 8 nitrogen and oxygen atoms in total. The Morgan fingerprint density at radius 1 is 1.18 bits per heavy atom. The Kier molecular flexibility index (Phi) is 6.15. The van der Waals surface area contributed by atoms with Crippen molar-refractivity contribution in [1.82, 2.24) is 0 Å². The van der Waals surface area contributed by atoms with E-state index in [0.29, 0.717) is 0 Å². The summed E-state index contributed by atoms with van der Waals surface area (Å²) in [6.07, 6.45) is -1.27. The molecule has 8 heteroatoms. The monoisotopic (exact) mass is 248 g/mol. The van der Waals surface area contributed by atoms with Gasteiger partial charge < -0.3 is 26.4 Å². The van der Waals surface area contributed by atoms with Gasteiger partial charge in [0.25, 0.3) is 0 Å². The maximum Gasteiger partial charge on any atom is 0.324 e. The van der Waals surface area contributed by atoms with E-state index in [-0.39, 0.29) is 12.8 Å². The summed E-state index contributed by atoms with van der Waals surface area (Å²) in [5.41, 5.74) is 10.4. The molecule has 0 radical (unpaired) electrons. The van der Waals surface area contributed by atoms with Crippen LogP contribution in [0.1, 0.15) is 19.8 Å². The molecule has 0 unspecified atom stereocenters. The Balaban J connectivity index is 4.02. The Bertz CT molecular complexity index is 306. The number of rotatable bonds is 7. The summed E-state index contributed by atoms with van der Waals surface area (Å²) in [6, 6.07) is -2.46. The zero-order chi connectivity index (χ0) is 13.6. The molecule has 0 bridgehead atoms. The first-order chi connectivity index (χ1) is 7.75. The van der Waals surface area contributed by atoms with Crippen molar-refractivity contribution in [2.24, 2.45) is 11.5 Å². The van der Waals surface area contributed by atoms with Crippen LogP contribution >= 0.6 is 0 Å². The maximum absolute atomic E-state index is 11.2. The zero-order valence-electron chi connectivity index (χ0n) is 9.33. The van der Waals surface area contributed by atoms with Gasteiger partial charge in [-0.2, -0.15) is 0 Å². The fourth-order valence-corrected chi connectivity index (χ4v) is 0.937. The summed E-state index contributed by atoms with van der Waals surface area (Å²) in [7, 11) is 0. The molecule has 0 heterocycles. The first kappa shape index (κ1) is 15.3. The standard InChI is InChI=1S/C9H16N2O6/c1-4(7(11)9(15)16)17-6(12)3-2-5(10)8(13)14/h4-5,7H,2-3,10-11H2,1H3,(H,13,14)(H,15,16)/t4-,5+,7+/m1/s1. The molecular formula is C9H16N2O6. The van der Waals surface area contributed by atoms with E-state index in [1.54, 1.807) is 0 Å². The van der Waals surface area contributed by atoms with E-state index < -0.39 is 36.1 Å². The average Bonchev–Trinajstić information content (AvgIpc) is 2.24. The third-order valence-electron chi connectivity index (χ3n) is 2.08. The van der Waals surface area contributed by atoms with E-state index in [2.05, 4.69) is 0 Å². The summed E-state index contributed by atoms with van der Waals surface area (Å²) in [4.78, 5) is 32.0. The lowest BCUT2D eigenvalue weighted by molar-refractivity contribution is -0.153. The number of hydrogen-bond acceptors (Lipinski definition) is 6. The minimum atomic E-state index is -1.31. The topological polar surface area (TPSA) is 153 Å². The van der Waals surface area contributed by atoms with Crippen molar-refractivity contribution < 1.29 is 29.3 Å². The molecule has 0 spiro atoms. The van der Waals surface area contributed by atoms with Gasteiger partial charge in [-0.05, 0) is 13.3 Å². The van der Waals surface area contributed by atoms with Gasteiger partial charge >= 0.3 is 17.9 Å². The van der Waals surface area contributed by atoms with Gasteiger partial charge in [0.05, 0.1) is 0 Å².